The fraction of sp³-hybridized carbons (Fsp3) is 1.00. The molecule has 0 aromatic carbocycles. The SMILES string of the molecule is CC(C)CCCCCCCOCCCC(N)CCN. The summed E-state index contributed by atoms with van der Waals surface area (Å²) in [6.45, 7) is 7.06. The smallest absolute Gasteiger partial charge is 0.0466 e. The van der Waals surface area contributed by atoms with Gasteiger partial charge in [0.25, 0.3) is 0 Å². The van der Waals surface area contributed by atoms with Crippen LogP contribution < -0.4 is 11.5 Å². The van der Waals surface area contributed by atoms with Gasteiger partial charge < -0.3 is 16.2 Å². The molecule has 0 fully saturated rings. The molecule has 0 amide bonds. The van der Waals surface area contributed by atoms with E-state index in [1.165, 1.54) is 38.5 Å². The maximum absolute atomic E-state index is 5.88. The summed E-state index contributed by atoms with van der Waals surface area (Å²) in [5.74, 6) is 0.856. The molecule has 0 saturated heterocycles. The lowest BCUT2D eigenvalue weighted by atomic mass is 10.0. The highest BCUT2D eigenvalue weighted by Gasteiger charge is 2.00. The predicted molar refractivity (Wildman–Crippen MR) is 84.2 cm³/mol. The average molecular weight is 272 g/mol. The largest absolute Gasteiger partial charge is 0.381 e. The Morgan fingerprint density at radius 2 is 1.42 bits per heavy atom. The number of hydrogen-bond donors (Lipinski definition) is 2. The van der Waals surface area contributed by atoms with Crippen LogP contribution in [-0.2, 0) is 4.74 Å². The lowest BCUT2D eigenvalue weighted by Gasteiger charge is -2.10. The van der Waals surface area contributed by atoms with Crippen molar-refractivity contribution in [3.8, 4) is 0 Å². The second-order valence-corrected chi connectivity index (χ2v) is 6.04. The molecule has 0 heterocycles. The van der Waals surface area contributed by atoms with Crippen molar-refractivity contribution in [2.75, 3.05) is 19.8 Å². The van der Waals surface area contributed by atoms with Gasteiger partial charge in [-0.25, -0.2) is 0 Å². The van der Waals surface area contributed by atoms with Crippen molar-refractivity contribution in [2.45, 2.75) is 77.7 Å². The van der Waals surface area contributed by atoms with Crippen LogP contribution in [0.2, 0.25) is 0 Å². The monoisotopic (exact) mass is 272 g/mol. The first-order valence-electron chi connectivity index (χ1n) is 8.20. The molecule has 4 N–H and O–H groups in total. The molecule has 19 heavy (non-hydrogen) atoms. The lowest BCUT2D eigenvalue weighted by molar-refractivity contribution is 0.124. The molecule has 0 saturated carbocycles. The first kappa shape index (κ1) is 18.9. The third-order valence-electron chi connectivity index (χ3n) is 3.47. The summed E-state index contributed by atoms with van der Waals surface area (Å²) in [7, 11) is 0. The van der Waals surface area contributed by atoms with Crippen LogP contribution in [0.15, 0.2) is 0 Å². The van der Waals surface area contributed by atoms with Crippen molar-refractivity contribution >= 4 is 0 Å². The summed E-state index contributed by atoms with van der Waals surface area (Å²) >= 11 is 0. The summed E-state index contributed by atoms with van der Waals surface area (Å²) in [5.41, 5.74) is 11.3. The standard InChI is InChI=1S/C16H36N2O/c1-15(2)9-6-4-3-5-7-13-19-14-8-10-16(18)11-12-17/h15-16H,3-14,17-18H2,1-2H3. The van der Waals surface area contributed by atoms with E-state index in [2.05, 4.69) is 13.8 Å². The van der Waals surface area contributed by atoms with Gasteiger partial charge in [0.05, 0.1) is 0 Å². The molecule has 1 atom stereocenters. The van der Waals surface area contributed by atoms with Gasteiger partial charge in [0.2, 0.25) is 0 Å². The first-order valence-corrected chi connectivity index (χ1v) is 8.20. The first-order chi connectivity index (χ1) is 9.16. The Kier molecular flexibility index (Phi) is 14.2. The molecule has 3 nitrogen and oxygen atoms in total. The summed E-state index contributed by atoms with van der Waals surface area (Å²) < 4.78 is 5.62. The minimum atomic E-state index is 0.259. The van der Waals surface area contributed by atoms with E-state index in [0.717, 1.165) is 38.4 Å². The minimum absolute atomic E-state index is 0.259. The van der Waals surface area contributed by atoms with Gasteiger partial charge in [-0.05, 0) is 38.1 Å². The fourth-order valence-electron chi connectivity index (χ4n) is 2.20. The van der Waals surface area contributed by atoms with Crippen molar-refractivity contribution < 1.29 is 4.74 Å². The molecular weight excluding hydrogens is 236 g/mol. The van der Waals surface area contributed by atoms with Crippen LogP contribution in [0.4, 0.5) is 0 Å². The zero-order valence-electron chi connectivity index (χ0n) is 13.2. The van der Waals surface area contributed by atoms with E-state index in [9.17, 15) is 0 Å². The quantitative estimate of drug-likeness (QED) is 0.476. The Morgan fingerprint density at radius 1 is 0.789 bits per heavy atom. The van der Waals surface area contributed by atoms with Gasteiger partial charge in [0.15, 0.2) is 0 Å². The zero-order valence-corrected chi connectivity index (χ0v) is 13.2. The molecule has 0 spiro atoms. The van der Waals surface area contributed by atoms with Crippen LogP contribution in [0.5, 0.6) is 0 Å². The van der Waals surface area contributed by atoms with Gasteiger partial charge in [0.1, 0.15) is 0 Å². The summed E-state index contributed by atoms with van der Waals surface area (Å²) in [6, 6.07) is 0.259. The second-order valence-electron chi connectivity index (χ2n) is 6.04. The third-order valence-corrected chi connectivity index (χ3v) is 3.47. The third kappa shape index (κ3) is 15.8. The van der Waals surface area contributed by atoms with E-state index in [1.807, 2.05) is 0 Å². The van der Waals surface area contributed by atoms with E-state index in [0.29, 0.717) is 6.54 Å². The van der Waals surface area contributed by atoms with Crippen molar-refractivity contribution in [3.05, 3.63) is 0 Å². The van der Waals surface area contributed by atoms with Crippen LogP contribution in [0, 0.1) is 5.92 Å². The van der Waals surface area contributed by atoms with E-state index >= 15 is 0 Å². The van der Waals surface area contributed by atoms with Gasteiger partial charge in [0, 0.05) is 19.3 Å². The highest BCUT2D eigenvalue weighted by atomic mass is 16.5. The molecule has 0 bridgehead atoms. The Labute approximate surface area is 120 Å². The summed E-state index contributed by atoms with van der Waals surface area (Å²) in [4.78, 5) is 0. The number of hydrogen-bond acceptors (Lipinski definition) is 3. The zero-order chi connectivity index (χ0) is 14.3. The Morgan fingerprint density at radius 3 is 2.11 bits per heavy atom. The second kappa shape index (κ2) is 14.3. The molecule has 0 aliphatic carbocycles. The predicted octanol–water partition coefficient (Wildman–Crippen LogP) is 3.46. The normalized spacial score (nSPS) is 13.1. The minimum Gasteiger partial charge on any atom is -0.381 e. The van der Waals surface area contributed by atoms with Gasteiger partial charge in [-0.2, -0.15) is 0 Å². The average Bonchev–Trinajstić information content (AvgIpc) is 2.36. The summed E-state index contributed by atoms with van der Waals surface area (Å²) in [5, 5.41) is 0. The Balaban J connectivity index is 3.03. The van der Waals surface area contributed by atoms with Crippen molar-refractivity contribution in [3.63, 3.8) is 0 Å². The van der Waals surface area contributed by atoms with Crippen molar-refractivity contribution in [2.24, 2.45) is 17.4 Å². The Hall–Kier alpha value is -0.120. The van der Waals surface area contributed by atoms with Crippen LogP contribution in [0.25, 0.3) is 0 Å². The topological polar surface area (TPSA) is 61.3 Å². The molecular formula is C16H36N2O. The van der Waals surface area contributed by atoms with E-state index in [1.54, 1.807) is 0 Å². The maximum Gasteiger partial charge on any atom is 0.0466 e. The molecule has 3 heteroatoms. The number of unbranched alkanes of at least 4 members (excludes halogenated alkanes) is 4. The van der Waals surface area contributed by atoms with Crippen LogP contribution in [0.3, 0.4) is 0 Å². The molecule has 0 radical (unpaired) electrons. The lowest BCUT2D eigenvalue weighted by Crippen LogP contribution is -2.23. The Bertz CT molecular complexity index is 174. The van der Waals surface area contributed by atoms with Crippen molar-refractivity contribution in [1.82, 2.24) is 0 Å². The van der Waals surface area contributed by atoms with Gasteiger partial charge in [-0.3, -0.25) is 0 Å². The molecule has 0 aromatic rings. The summed E-state index contributed by atoms with van der Waals surface area (Å²) in [6.07, 6.45) is 11.0. The van der Waals surface area contributed by atoms with Crippen LogP contribution in [0.1, 0.15) is 71.6 Å². The number of ether oxygens (including phenoxy) is 1. The maximum atomic E-state index is 5.88. The highest BCUT2D eigenvalue weighted by molar-refractivity contribution is 4.60. The molecule has 0 aliphatic heterocycles. The van der Waals surface area contributed by atoms with Gasteiger partial charge in [-0.15, -0.1) is 0 Å². The highest BCUT2D eigenvalue weighted by Crippen LogP contribution is 2.10. The number of rotatable bonds is 14. The molecule has 116 valence electrons. The molecule has 1 unspecified atom stereocenters. The molecule has 0 aliphatic rings. The number of nitrogens with two attached hydrogens (primary N) is 2. The van der Waals surface area contributed by atoms with Crippen molar-refractivity contribution in [1.29, 1.82) is 0 Å². The van der Waals surface area contributed by atoms with E-state index in [4.69, 9.17) is 16.2 Å². The fourth-order valence-corrected chi connectivity index (χ4v) is 2.20. The van der Waals surface area contributed by atoms with Gasteiger partial charge in [-0.1, -0.05) is 46.0 Å². The molecule has 0 aromatic heterocycles. The van der Waals surface area contributed by atoms with E-state index in [-0.39, 0.29) is 6.04 Å². The van der Waals surface area contributed by atoms with Gasteiger partial charge >= 0.3 is 0 Å². The molecule has 0 rings (SSSR count). The van der Waals surface area contributed by atoms with Crippen LogP contribution in [-0.4, -0.2) is 25.8 Å². The van der Waals surface area contributed by atoms with E-state index < -0.39 is 0 Å². The van der Waals surface area contributed by atoms with Crippen LogP contribution >= 0.6 is 0 Å².